The third-order valence-corrected chi connectivity index (χ3v) is 4.47. The Balaban J connectivity index is 1.77. The maximum Gasteiger partial charge on any atom is 0.292 e. The van der Waals surface area contributed by atoms with Crippen molar-refractivity contribution in [1.82, 2.24) is 10.3 Å². The van der Waals surface area contributed by atoms with E-state index in [-0.39, 0.29) is 6.04 Å². The standard InChI is InChI=1S/C17H20N2O2/c1-11-6-2-4-8-14(11)19-17(21)16(20)13-10-18-15-9-5-3-7-12(13)15/h3,5,7,9-11,14,18H,2,4,6,8H2,1H3,(H,19,21). The third kappa shape index (κ3) is 2.71. The van der Waals surface area contributed by atoms with Crippen LogP contribution in [0.5, 0.6) is 0 Å². The van der Waals surface area contributed by atoms with Gasteiger partial charge in [0.15, 0.2) is 0 Å². The zero-order valence-electron chi connectivity index (χ0n) is 12.2. The van der Waals surface area contributed by atoms with Gasteiger partial charge in [-0.05, 0) is 24.8 Å². The van der Waals surface area contributed by atoms with E-state index in [0.29, 0.717) is 11.5 Å². The van der Waals surface area contributed by atoms with Crippen molar-refractivity contribution in [3.05, 3.63) is 36.0 Å². The Kier molecular flexibility index (Phi) is 3.78. The van der Waals surface area contributed by atoms with Crippen LogP contribution < -0.4 is 5.32 Å². The van der Waals surface area contributed by atoms with Gasteiger partial charge in [-0.25, -0.2) is 0 Å². The van der Waals surface area contributed by atoms with E-state index in [1.165, 1.54) is 6.42 Å². The first kappa shape index (κ1) is 13.9. The van der Waals surface area contributed by atoms with E-state index in [0.717, 1.165) is 30.2 Å². The predicted molar refractivity (Wildman–Crippen MR) is 82.2 cm³/mol. The summed E-state index contributed by atoms with van der Waals surface area (Å²) in [6, 6.07) is 7.65. The molecule has 1 aliphatic rings. The number of para-hydroxylation sites is 1. The molecule has 2 N–H and O–H groups in total. The smallest absolute Gasteiger partial charge is 0.292 e. The van der Waals surface area contributed by atoms with Gasteiger partial charge in [-0.15, -0.1) is 0 Å². The first-order valence-electron chi connectivity index (χ1n) is 7.58. The summed E-state index contributed by atoms with van der Waals surface area (Å²) >= 11 is 0. The number of nitrogens with one attached hydrogen (secondary N) is 2. The van der Waals surface area contributed by atoms with E-state index in [4.69, 9.17) is 0 Å². The molecule has 0 aliphatic heterocycles. The van der Waals surface area contributed by atoms with Gasteiger partial charge >= 0.3 is 0 Å². The number of hydrogen-bond donors (Lipinski definition) is 2. The molecule has 1 aromatic heterocycles. The summed E-state index contributed by atoms with van der Waals surface area (Å²) < 4.78 is 0. The Hall–Kier alpha value is -2.10. The third-order valence-electron chi connectivity index (χ3n) is 4.47. The molecule has 2 unspecified atom stereocenters. The highest BCUT2D eigenvalue weighted by atomic mass is 16.2. The molecular weight excluding hydrogens is 264 g/mol. The Morgan fingerprint density at radius 3 is 2.76 bits per heavy atom. The quantitative estimate of drug-likeness (QED) is 0.672. The van der Waals surface area contributed by atoms with Gasteiger partial charge in [0.25, 0.3) is 11.7 Å². The molecule has 1 aromatic carbocycles. The number of H-pyrrole nitrogens is 1. The second-order valence-electron chi connectivity index (χ2n) is 5.92. The van der Waals surface area contributed by atoms with Crippen LogP contribution in [0.15, 0.2) is 30.5 Å². The second kappa shape index (κ2) is 5.72. The zero-order valence-corrected chi connectivity index (χ0v) is 12.2. The minimum atomic E-state index is -0.487. The summed E-state index contributed by atoms with van der Waals surface area (Å²) in [5.41, 5.74) is 1.33. The lowest BCUT2D eigenvalue weighted by atomic mass is 9.86. The number of rotatable bonds is 3. The van der Waals surface area contributed by atoms with Crippen LogP contribution in [0.3, 0.4) is 0 Å². The van der Waals surface area contributed by atoms with Crippen molar-refractivity contribution in [2.45, 2.75) is 38.6 Å². The maximum atomic E-state index is 12.4. The summed E-state index contributed by atoms with van der Waals surface area (Å²) in [6.45, 7) is 2.14. The van der Waals surface area contributed by atoms with E-state index in [1.54, 1.807) is 6.20 Å². The van der Waals surface area contributed by atoms with Gasteiger partial charge in [-0.2, -0.15) is 0 Å². The molecule has 1 aliphatic carbocycles. The Bertz CT molecular complexity index is 674. The number of carbonyl (C=O) groups excluding carboxylic acids is 2. The number of Topliss-reactive ketones (excluding diaryl/α,β-unsaturated/α-hetero) is 1. The lowest BCUT2D eigenvalue weighted by Gasteiger charge is -2.29. The summed E-state index contributed by atoms with van der Waals surface area (Å²) in [5, 5.41) is 3.72. The van der Waals surface area contributed by atoms with Gasteiger partial charge in [0, 0.05) is 23.1 Å². The Morgan fingerprint density at radius 2 is 1.95 bits per heavy atom. The van der Waals surface area contributed by atoms with Gasteiger partial charge in [0.2, 0.25) is 0 Å². The van der Waals surface area contributed by atoms with Crippen LogP contribution in [0.4, 0.5) is 0 Å². The van der Waals surface area contributed by atoms with E-state index in [2.05, 4.69) is 17.2 Å². The largest absolute Gasteiger partial charge is 0.360 e. The molecule has 21 heavy (non-hydrogen) atoms. The normalized spacial score (nSPS) is 22.1. The van der Waals surface area contributed by atoms with Crippen molar-refractivity contribution in [2.24, 2.45) is 5.92 Å². The minimum absolute atomic E-state index is 0.125. The van der Waals surface area contributed by atoms with Crippen molar-refractivity contribution < 1.29 is 9.59 Å². The molecule has 1 heterocycles. The Labute approximate surface area is 123 Å². The molecule has 0 bridgehead atoms. The van der Waals surface area contributed by atoms with Gasteiger partial charge < -0.3 is 10.3 Å². The van der Waals surface area contributed by atoms with Crippen LogP contribution in [0.1, 0.15) is 43.0 Å². The summed E-state index contributed by atoms with van der Waals surface area (Å²) in [7, 11) is 0. The molecule has 2 atom stereocenters. The van der Waals surface area contributed by atoms with Crippen LogP contribution in [0.25, 0.3) is 10.9 Å². The Morgan fingerprint density at radius 1 is 1.19 bits per heavy atom. The number of aromatic amines is 1. The highest BCUT2D eigenvalue weighted by Crippen LogP contribution is 2.24. The molecular formula is C17H20N2O2. The average molecular weight is 284 g/mol. The van der Waals surface area contributed by atoms with Crippen molar-refractivity contribution in [1.29, 1.82) is 0 Å². The van der Waals surface area contributed by atoms with Gasteiger partial charge in [-0.1, -0.05) is 38.0 Å². The number of aromatic nitrogens is 1. The maximum absolute atomic E-state index is 12.4. The molecule has 1 saturated carbocycles. The molecule has 110 valence electrons. The molecule has 3 rings (SSSR count). The molecule has 2 aromatic rings. The van der Waals surface area contributed by atoms with Crippen molar-refractivity contribution in [3.8, 4) is 0 Å². The van der Waals surface area contributed by atoms with Gasteiger partial charge in [0.1, 0.15) is 0 Å². The number of ketones is 1. The van der Waals surface area contributed by atoms with Crippen LogP contribution >= 0.6 is 0 Å². The van der Waals surface area contributed by atoms with Crippen LogP contribution in [0, 0.1) is 5.92 Å². The summed E-state index contributed by atoms with van der Waals surface area (Å²) in [6.07, 6.45) is 6.04. The zero-order chi connectivity index (χ0) is 14.8. The first-order valence-corrected chi connectivity index (χ1v) is 7.58. The minimum Gasteiger partial charge on any atom is -0.360 e. The van der Waals surface area contributed by atoms with E-state index < -0.39 is 11.7 Å². The number of fused-ring (bicyclic) bond motifs is 1. The lowest BCUT2D eigenvalue weighted by molar-refractivity contribution is -0.118. The molecule has 0 spiro atoms. The number of benzene rings is 1. The fraction of sp³-hybridized carbons (Fsp3) is 0.412. The highest BCUT2D eigenvalue weighted by Gasteiger charge is 2.27. The topological polar surface area (TPSA) is 62.0 Å². The molecule has 1 amide bonds. The van der Waals surface area contributed by atoms with Gasteiger partial charge in [-0.3, -0.25) is 9.59 Å². The fourth-order valence-electron chi connectivity index (χ4n) is 3.15. The second-order valence-corrected chi connectivity index (χ2v) is 5.92. The lowest BCUT2D eigenvalue weighted by Crippen LogP contribution is -2.44. The van der Waals surface area contributed by atoms with E-state index in [1.807, 2.05) is 24.3 Å². The van der Waals surface area contributed by atoms with Crippen LogP contribution in [-0.4, -0.2) is 22.7 Å². The molecule has 0 saturated heterocycles. The number of carbonyl (C=O) groups is 2. The highest BCUT2D eigenvalue weighted by molar-refractivity contribution is 6.45. The van der Waals surface area contributed by atoms with Crippen molar-refractivity contribution in [2.75, 3.05) is 0 Å². The number of amides is 1. The van der Waals surface area contributed by atoms with Crippen LogP contribution in [0.2, 0.25) is 0 Å². The SMILES string of the molecule is CC1CCCCC1NC(=O)C(=O)c1c[nH]c2ccccc12. The average Bonchev–Trinajstić information content (AvgIpc) is 2.92. The van der Waals surface area contributed by atoms with Crippen LogP contribution in [-0.2, 0) is 4.79 Å². The predicted octanol–water partition coefficient (Wildman–Crippen LogP) is 3.05. The summed E-state index contributed by atoms with van der Waals surface area (Å²) in [4.78, 5) is 27.6. The molecule has 4 nitrogen and oxygen atoms in total. The number of hydrogen-bond acceptors (Lipinski definition) is 2. The van der Waals surface area contributed by atoms with Gasteiger partial charge in [0.05, 0.1) is 5.56 Å². The molecule has 0 radical (unpaired) electrons. The van der Waals surface area contributed by atoms with E-state index >= 15 is 0 Å². The van der Waals surface area contributed by atoms with Crippen molar-refractivity contribution >= 4 is 22.6 Å². The monoisotopic (exact) mass is 284 g/mol. The summed E-state index contributed by atoms with van der Waals surface area (Å²) in [5.74, 6) is -0.498. The molecule has 4 heteroatoms. The first-order chi connectivity index (χ1) is 10.2. The van der Waals surface area contributed by atoms with Crippen molar-refractivity contribution in [3.63, 3.8) is 0 Å². The molecule has 1 fully saturated rings. The fourth-order valence-corrected chi connectivity index (χ4v) is 3.15. The van der Waals surface area contributed by atoms with E-state index in [9.17, 15) is 9.59 Å².